The number of sulfonamides is 2. The normalized spacial score (nSPS) is 18.4. The highest BCUT2D eigenvalue weighted by atomic mass is 32.2. The molecule has 0 aromatic heterocycles. The van der Waals surface area contributed by atoms with Crippen molar-refractivity contribution in [2.45, 2.75) is 83.2 Å². The molecule has 2 fully saturated rings. The fourth-order valence-electron chi connectivity index (χ4n) is 5.93. The molecule has 260 valence electrons. The van der Waals surface area contributed by atoms with Crippen molar-refractivity contribution in [3.8, 4) is 0 Å². The van der Waals surface area contributed by atoms with Gasteiger partial charge in [0.25, 0.3) is 0 Å². The molecule has 0 spiro atoms. The van der Waals surface area contributed by atoms with Gasteiger partial charge in [0, 0.05) is 12.2 Å². The Labute approximate surface area is 280 Å². The van der Waals surface area contributed by atoms with Gasteiger partial charge >= 0.3 is 11.9 Å². The Morgan fingerprint density at radius 3 is 1.81 bits per heavy atom. The minimum absolute atomic E-state index is 0.00420. The van der Waals surface area contributed by atoms with E-state index in [1.54, 1.807) is 48.6 Å². The summed E-state index contributed by atoms with van der Waals surface area (Å²) >= 11 is 0. The lowest BCUT2D eigenvalue weighted by atomic mass is 9.91. The van der Waals surface area contributed by atoms with Crippen LogP contribution in [0.15, 0.2) is 78.9 Å². The fourth-order valence-corrected chi connectivity index (χ4v) is 9.32. The zero-order chi connectivity index (χ0) is 34.1. The van der Waals surface area contributed by atoms with E-state index < -0.39 is 44.1 Å². The lowest BCUT2D eigenvalue weighted by Crippen LogP contribution is -2.42. The maximum absolute atomic E-state index is 13.0. The zero-order valence-corrected chi connectivity index (χ0v) is 29.0. The molecule has 0 heterocycles. The first-order valence-electron chi connectivity index (χ1n) is 16.5. The van der Waals surface area contributed by atoms with Crippen molar-refractivity contribution in [3.63, 3.8) is 0 Å². The van der Waals surface area contributed by atoms with E-state index in [0.29, 0.717) is 11.1 Å². The Kier molecular flexibility index (Phi) is 16.1. The highest BCUT2D eigenvalue weighted by molar-refractivity contribution is 7.89. The van der Waals surface area contributed by atoms with Crippen LogP contribution in [-0.4, -0.2) is 59.5 Å². The van der Waals surface area contributed by atoms with Crippen LogP contribution < -0.4 is 9.44 Å². The molecule has 0 radical (unpaired) electrons. The van der Waals surface area contributed by atoms with Gasteiger partial charge in [0.1, 0.15) is 13.2 Å². The van der Waals surface area contributed by atoms with Crippen molar-refractivity contribution in [3.05, 3.63) is 84.5 Å². The number of hydrogen-bond acceptors (Lipinski definition) is 8. The molecule has 12 heteroatoms. The number of allylic oxidation sites excluding steroid dienone is 3. The number of rotatable bonds is 18. The SMILES string of the molecule is C=C(/C=C\C=C/C)[C@@H](COC(=O)/C=C/C(=O)OC[C@@H](NS(=O)(=O)CC1CCCCC1)c1ccccc1)NS(=O)(=O)CC1CCCCC1. The predicted octanol–water partition coefficient (Wildman–Crippen LogP) is 5.43. The van der Waals surface area contributed by atoms with E-state index in [0.717, 1.165) is 76.4 Å². The second-order valence-corrected chi connectivity index (χ2v) is 16.0. The van der Waals surface area contributed by atoms with Gasteiger partial charge < -0.3 is 9.47 Å². The molecule has 2 aliphatic carbocycles. The van der Waals surface area contributed by atoms with Crippen LogP contribution in [-0.2, 0) is 39.1 Å². The molecule has 2 saturated carbocycles. The Bertz CT molecular complexity index is 1460. The summed E-state index contributed by atoms with van der Waals surface area (Å²) in [7, 11) is -7.34. The van der Waals surface area contributed by atoms with Crippen molar-refractivity contribution < 1.29 is 35.9 Å². The lowest BCUT2D eigenvalue weighted by molar-refractivity contribution is -0.141. The first-order valence-corrected chi connectivity index (χ1v) is 19.8. The average molecular weight is 691 g/mol. The van der Waals surface area contributed by atoms with Crippen LogP contribution in [0.1, 0.15) is 82.7 Å². The van der Waals surface area contributed by atoms with E-state index in [4.69, 9.17) is 9.47 Å². The Balaban J connectivity index is 1.57. The van der Waals surface area contributed by atoms with Crippen molar-refractivity contribution in [2.75, 3.05) is 24.7 Å². The van der Waals surface area contributed by atoms with Crippen LogP contribution in [0.4, 0.5) is 0 Å². The van der Waals surface area contributed by atoms with Gasteiger partial charge in [-0.1, -0.05) is 99.7 Å². The average Bonchev–Trinajstić information content (AvgIpc) is 3.04. The van der Waals surface area contributed by atoms with Crippen molar-refractivity contribution >= 4 is 32.0 Å². The Morgan fingerprint density at radius 1 is 0.766 bits per heavy atom. The van der Waals surface area contributed by atoms with Gasteiger partial charge in [-0.25, -0.2) is 35.9 Å². The second kappa shape index (κ2) is 19.7. The third-order valence-corrected chi connectivity index (χ3v) is 11.5. The molecular weight excluding hydrogens is 641 g/mol. The third-order valence-electron chi connectivity index (χ3n) is 8.41. The zero-order valence-electron chi connectivity index (χ0n) is 27.3. The van der Waals surface area contributed by atoms with E-state index >= 15 is 0 Å². The number of esters is 2. The number of carbonyl (C=O) groups excluding carboxylic acids is 2. The maximum Gasteiger partial charge on any atom is 0.331 e. The third kappa shape index (κ3) is 15.1. The Morgan fingerprint density at radius 2 is 1.28 bits per heavy atom. The standard InChI is InChI=1S/C35H50N2O8S2/c1-3-4-8-15-28(2)32(36-46(40,41)26-29-16-9-5-10-17-29)24-44-34(38)22-23-35(39)45-25-33(31-20-13-7-14-21-31)37-47(42,43)27-30-18-11-6-12-19-30/h3-4,7-8,13-15,20-23,29-30,32-33,36-37H,2,5-6,9-12,16-19,24-27H2,1H3/b4-3-,15-8-,23-22+/t32-,33-/m1/s1. The van der Waals surface area contributed by atoms with Gasteiger partial charge in [-0.05, 0) is 55.6 Å². The summed E-state index contributed by atoms with van der Waals surface area (Å²) in [5, 5.41) is 0. The fraction of sp³-hybridized carbons (Fsp3) is 0.543. The van der Waals surface area contributed by atoms with E-state index in [1.807, 2.05) is 13.0 Å². The molecule has 0 unspecified atom stereocenters. The van der Waals surface area contributed by atoms with E-state index in [1.165, 1.54) is 0 Å². The quantitative estimate of drug-likeness (QED) is 0.118. The topological polar surface area (TPSA) is 145 Å². The molecule has 0 aliphatic heterocycles. The summed E-state index contributed by atoms with van der Waals surface area (Å²) in [4.78, 5) is 25.0. The smallest absolute Gasteiger partial charge is 0.331 e. The molecule has 10 nitrogen and oxygen atoms in total. The highest BCUT2D eigenvalue weighted by Crippen LogP contribution is 2.26. The first kappa shape index (κ1) is 38.4. The summed E-state index contributed by atoms with van der Waals surface area (Å²) < 4.78 is 67.9. The van der Waals surface area contributed by atoms with E-state index in [2.05, 4.69) is 16.0 Å². The molecule has 2 N–H and O–H groups in total. The van der Waals surface area contributed by atoms with Crippen LogP contribution in [0.25, 0.3) is 0 Å². The minimum Gasteiger partial charge on any atom is -0.460 e. The summed E-state index contributed by atoms with van der Waals surface area (Å²) in [5.74, 6) is -1.54. The van der Waals surface area contributed by atoms with Gasteiger partial charge in [0.05, 0.1) is 23.6 Å². The molecule has 1 aromatic carbocycles. The molecule has 2 aliphatic rings. The number of nitrogens with one attached hydrogen (secondary N) is 2. The van der Waals surface area contributed by atoms with Gasteiger partial charge in [0.2, 0.25) is 20.0 Å². The molecule has 0 saturated heterocycles. The van der Waals surface area contributed by atoms with Crippen LogP contribution in [0.5, 0.6) is 0 Å². The van der Waals surface area contributed by atoms with Crippen LogP contribution in [0.3, 0.4) is 0 Å². The Hall–Kier alpha value is -3.06. The van der Waals surface area contributed by atoms with Gasteiger partial charge in [0.15, 0.2) is 0 Å². The molecule has 0 bridgehead atoms. The predicted molar refractivity (Wildman–Crippen MR) is 184 cm³/mol. The molecule has 47 heavy (non-hydrogen) atoms. The van der Waals surface area contributed by atoms with Crippen LogP contribution in [0.2, 0.25) is 0 Å². The van der Waals surface area contributed by atoms with Crippen LogP contribution >= 0.6 is 0 Å². The van der Waals surface area contributed by atoms with Gasteiger partial charge in [-0.15, -0.1) is 0 Å². The van der Waals surface area contributed by atoms with Crippen molar-refractivity contribution in [1.82, 2.24) is 9.44 Å². The monoisotopic (exact) mass is 690 g/mol. The van der Waals surface area contributed by atoms with Gasteiger partial charge in [-0.2, -0.15) is 0 Å². The summed E-state index contributed by atoms with van der Waals surface area (Å²) in [6.45, 7) is 5.18. The van der Waals surface area contributed by atoms with Crippen molar-refractivity contribution in [2.24, 2.45) is 11.8 Å². The molecule has 2 atom stereocenters. The largest absolute Gasteiger partial charge is 0.460 e. The molecule has 0 amide bonds. The number of hydrogen-bond donors (Lipinski definition) is 2. The summed E-state index contributed by atoms with van der Waals surface area (Å²) in [6.07, 6.45) is 18.5. The minimum atomic E-state index is -3.68. The molecule has 1 aromatic rings. The van der Waals surface area contributed by atoms with Crippen LogP contribution in [0, 0.1) is 11.8 Å². The van der Waals surface area contributed by atoms with E-state index in [9.17, 15) is 26.4 Å². The van der Waals surface area contributed by atoms with E-state index in [-0.39, 0.29) is 36.6 Å². The maximum atomic E-state index is 13.0. The number of ether oxygens (including phenoxy) is 2. The molecule has 3 rings (SSSR count). The molecular formula is C35H50N2O8S2. The first-order chi connectivity index (χ1) is 22.5. The van der Waals surface area contributed by atoms with Crippen molar-refractivity contribution in [1.29, 1.82) is 0 Å². The summed E-state index contributed by atoms with van der Waals surface area (Å²) in [6, 6.07) is 7.12. The second-order valence-electron chi connectivity index (χ2n) is 12.4. The number of benzene rings is 1. The number of carbonyl (C=O) groups is 2. The lowest BCUT2D eigenvalue weighted by Gasteiger charge is -2.24. The van der Waals surface area contributed by atoms with Gasteiger partial charge in [-0.3, -0.25) is 0 Å². The highest BCUT2D eigenvalue weighted by Gasteiger charge is 2.27. The summed E-state index contributed by atoms with van der Waals surface area (Å²) in [5.41, 5.74) is 1.04.